The fourth-order valence-corrected chi connectivity index (χ4v) is 2.97. The summed E-state index contributed by atoms with van der Waals surface area (Å²) >= 11 is 6.15. The van der Waals surface area contributed by atoms with Gasteiger partial charge in [-0.05, 0) is 24.1 Å². The van der Waals surface area contributed by atoms with E-state index >= 15 is 0 Å². The summed E-state index contributed by atoms with van der Waals surface area (Å²) in [4.78, 5) is 27.9. The van der Waals surface area contributed by atoms with Crippen molar-refractivity contribution in [2.45, 2.75) is 26.8 Å². The van der Waals surface area contributed by atoms with Crippen LogP contribution in [0.5, 0.6) is 5.75 Å². The van der Waals surface area contributed by atoms with Gasteiger partial charge in [0.05, 0.1) is 12.8 Å². The lowest BCUT2D eigenvalue weighted by molar-refractivity contribution is -0.130. The molecule has 0 aromatic heterocycles. The van der Waals surface area contributed by atoms with Crippen LogP contribution in [0.1, 0.15) is 24.5 Å². The SMILES string of the molecule is COc1cc(Cl)c(C)cc1N(CCC(=O)N(C)Cc1ccccc1)C(C)=O. The Hall–Kier alpha value is -2.53. The molecule has 0 aliphatic carbocycles. The number of hydrogen-bond acceptors (Lipinski definition) is 3. The fourth-order valence-electron chi connectivity index (χ4n) is 2.81. The molecule has 0 bridgehead atoms. The summed E-state index contributed by atoms with van der Waals surface area (Å²) in [5.41, 5.74) is 2.52. The molecule has 2 rings (SSSR count). The van der Waals surface area contributed by atoms with Crippen LogP contribution in [0.15, 0.2) is 42.5 Å². The molecule has 0 heterocycles. The predicted octanol–water partition coefficient (Wildman–Crippen LogP) is 4.06. The van der Waals surface area contributed by atoms with Crippen LogP contribution in [-0.2, 0) is 16.1 Å². The Morgan fingerprint density at radius 1 is 1.15 bits per heavy atom. The summed E-state index contributed by atoms with van der Waals surface area (Å²) in [6.07, 6.45) is 0.216. The molecule has 2 aromatic carbocycles. The monoisotopic (exact) mass is 388 g/mol. The second-order valence-electron chi connectivity index (χ2n) is 6.43. The molecule has 2 amide bonds. The highest BCUT2D eigenvalue weighted by atomic mass is 35.5. The molecule has 0 N–H and O–H groups in total. The quantitative estimate of drug-likeness (QED) is 0.718. The van der Waals surface area contributed by atoms with E-state index in [1.165, 1.54) is 14.0 Å². The van der Waals surface area contributed by atoms with Gasteiger partial charge in [0, 0.05) is 44.6 Å². The van der Waals surface area contributed by atoms with Crippen LogP contribution < -0.4 is 9.64 Å². The molecule has 0 radical (unpaired) electrons. The number of methoxy groups -OCH3 is 1. The number of carbonyl (C=O) groups excluding carboxylic acids is 2. The Bertz CT molecular complexity index is 809. The van der Waals surface area contributed by atoms with Gasteiger partial charge in [-0.2, -0.15) is 0 Å². The molecular formula is C21H25ClN2O3. The van der Waals surface area contributed by atoms with Gasteiger partial charge in [0.25, 0.3) is 0 Å². The zero-order valence-corrected chi connectivity index (χ0v) is 16.9. The minimum atomic E-state index is -0.159. The molecule has 2 aromatic rings. The highest BCUT2D eigenvalue weighted by Crippen LogP contribution is 2.34. The average Bonchev–Trinajstić information content (AvgIpc) is 2.64. The number of halogens is 1. The summed E-state index contributed by atoms with van der Waals surface area (Å²) in [6, 6.07) is 13.3. The molecule has 27 heavy (non-hydrogen) atoms. The number of ether oxygens (including phenoxy) is 1. The number of benzene rings is 2. The zero-order valence-electron chi connectivity index (χ0n) is 16.2. The molecule has 144 valence electrons. The highest BCUT2D eigenvalue weighted by molar-refractivity contribution is 6.31. The lowest BCUT2D eigenvalue weighted by Crippen LogP contribution is -2.34. The maximum atomic E-state index is 12.5. The molecular weight excluding hydrogens is 364 g/mol. The average molecular weight is 389 g/mol. The van der Waals surface area contributed by atoms with Crippen molar-refractivity contribution >= 4 is 29.1 Å². The summed E-state index contributed by atoms with van der Waals surface area (Å²) in [7, 11) is 3.29. The van der Waals surface area contributed by atoms with Gasteiger partial charge in [-0.3, -0.25) is 9.59 Å². The van der Waals surface area contributed by atoms with Crippen molar-refractivity contribution in [3.63, 3.8) is 0 Å². The number of rotatable bonds is 7. The standard InChI is InChI=1S/C21H25ClN2O3/c1-15-12-19(20(27-4)13-18(15)22)24(16(2)25)11-10-21(26)23(3)14-17-8-6-5-7-9-17/h5-9,12-13H,10-11,14H2,1-4H3. The zero-order chi connectivity index (χ0) is 20.0. The molecule has 0 fully saturated rings. The molecule has 0 saturated heterocycles. The van der Waals surface area contributed by atoms with Gasteiger partial charge in [0.15, 0.2) is 0 Å². The van der Waals surface area contributed by atoms with Crippen LogP contribution in [0.25, 0.3) is 0 Å². The van der Waals surface area contributed by atoms with Crippen LogP contribution in [0.2, 0.25) is 5.02 Å². The molecule has 0 aliphatic heterocycles. The summed E-state index contributed by atoms with van der Waals surface area (Å²) < 4.78 is 5.37. The van der Waals surface area contributed by atoms with Crippen LogP contribution in [0.4, 0.5) is 5.69 Å². The number of amides is 2. The van der Waals surface area contributed by atoms with Crippen molar-refractivity contribution in [2.24, 2.45) is 0 Å². The number of aryl methyl sites for hydroxylation is 1. The number of carbonyl (C=O) groups is 2. The molecule has 0 spiro atoms. The Balaban J connectivity index is 2.10. The van der Waals surface area contributed by atoms with Crippen molar-refractivity contribution in [1.82, 2.24) is 4.90 Å². The Morgan fingerprint density at radius 3 is 2.41 bits per heavy atom. The lowest BCUT2D eigenvalue weighted by atomic mass is 10.1. The van der Waals surface area contributed by atoms with Crippen LogP contribution in [-0.4, -0.2) is 37.4 Å². The van der Waals surface area contributed by atoms with Crippen LogP contribution in [0, 0.1) is 6.92 Å². The van der Waals surface area contributed by atoms with E-state index in [1.807, 2.05) is 37.3 Å². The molecule has 0 unspecified atom stereocenters. The Labute approximate surface area is 165 Å². The molecule has 5 nitrogen and oxygen atoms in total. The van der Waals surface area contributed by atoms with E-state index in [9.17, 15) is 9.59 Å². The van der Waals surface area contributed by atoms with Gasteiger partial charge in [-0.15, -0.1) is 0 Å². The number of nitrogens with zero attached hydrogens (tertiary/aromatic N) is 2. The maximum Gasteiger partial charge on any atom is 0.224 e. The van der Waals surface area contributed by atoms with E-state index < -0.39 is 0 Å². The van der Waals surface area contributed by atoms with Crippen LogP contribution >= 0.6 is 11.6 Å². The first-order chi connectivity index (χ1) is 12.8. The van der Waals surface area contributed by atoms with Gasteiger partial charge in [0.2, 0.25) is 11.8 Å². The van der Waals surface area contributed by atoms with E-state index in [1.54, 1.807) is 29.0 Å². The maximum absolute atomic E-state index is 12.5. The minimum absolute atomic E-state index is 0.0326. The van der Waals surface area contributed by atoms with Gasteiger partial charge in [-0.25, -0.2) is 0 Å². The highest BCUT2D eigenvalue weighted by Gasteiger charge is 2.20. The van der Waals surface area contributed by atoms with Gasteiger partial charge in [-0.1, -0.05) is 41.9 Å². The third kappa shape index (κ3) is 5.47. The van der Waals surface area contributed by atoms with Crippen molar-refractivity contribution in [3.05, 3.63) is 58.6 Å². The lowest BCUT2D eigenvalue weighted by Gasteiger charge is -2.25. The van der Waals surface area contributed by atoms with Crippen molar-refractivity contribution in [1.29, 1.82) is 0 Å². The topological polar surface area (TPSA) is 49.9 Å². The fraction of sp³-hybridized carbons (Fsp3) is 0.333. The van der Waals surface area contributed by atoms with Crippen molar-refractivity contribution < 1.29 is 14.3 Å². The van der Waals surface area contributed by atoms with Gasteiger partial charge >= 0.3 is 0 Å². The third-order valence-electron chi connectivity index (χ3n) is 4.37. The Kier molecular flexibility index (Phi) is 7.25. The van der Waals surface area contributed by atoms with E-state index in [4.69, 9.17) is 16.3 Å². The summed E-state index contributed by atoms with van der Waals surface area (Å²) in [5, 5.41) is 0.567. The number of hydrogen-bond donors (Lipinski definition) is 0. The van der Waals surface area contributed by atoms with E-state index in [-0.39, 0.29) is 24.8 Å². The predicted molar refractivity (Wildman–Crippen MR) is 108 cm³/mol. The minimum Gasteiger partial charge on any atom is -0.495 e. The first kappa shape index (κ1) is 20.8. The first-order valence-electron chi connectivity index (χ1n) is 8.73. The third-order valence-corrected chi connectivity index (χ3v) is 4.78. The molecule has 0 saturated carbocycles. The molecule has 0 atom stereocenters. The largest absolute Gasteiger partial charge is 0.495 e. The Morgan fingerprint density at radius 2 is 1.81 bits per heavy atom. The van der Waals surface area contributed by atoms with E-state index in [0.29, 0.717) is 23.0 Å². The molecule has 0 aliphatic rings. The smallest absolute Gasteiger partial charge is 0.224 e. The second kappa shape index (κ2) is 9.42. The van der Waals surface area contributed by atoms with Crippen LogP contribution in [0.3, 0.4) is 0 Å². The first-order valence-corrected chi connectivity index (χ1v) is 9.11. The number of anilines is 1. The van der Waals surface area contributed by atoms with E-state index in [2.05, 4.69) is 0 Å². The van der Waals surface area contributed by atoms with Crippen molar-refractivity contribution in [2.75, 3.05) is 25.6 Å². The summed E-state index contributed by atoms with van der Waals surface area (Å²) in [6.45, 7) is 4.14. The summed E-state index contributed by atoms with van der Waals surface area (Å²) in [5.74, 6) is 0.314. The van der Waals surface area contributed by atoms with Crippen molar-refractivity contribution in [3.8, 4) is 5.75 Å². The van der Waals surface area contributed by atoms with Gasteiger partial charge < -0.3 is 14.5 Å². The van der Waals surface area contributed by atoms with Gasteiger partial charge in [0.1, 0.15) is 5.75 Å². The van der Waals surface area contributed by atoms with E-state index in [0.717, 1.165) is 11.1 Å². The normalized spacial score (nSPS) is 10.4. The second-order valence-corrected chi connectivity index (χ2v) is 6.84. The molecule has 6 heteroatoms.